The molecule has 0 saturated carbocycles. The lowest BCUT2D eigenvalue weighted by atomic mass is 10.1. The maximum absolute atomic E-state index is 13.2. The van der Waals surface area contributed by atoms with Crippen molar-refractivity contribution in [3.63, 3.8) is 0 Å². The van der Waals surface area contributed by atoms with Gasteiger partial charge < -0.3 is 15.0 Å². The van der Waals surface area contributed by atoms with Crippen LogP contribution in [0.15, 0.2) is 24.3 Å². The molecule has 1 heterocycles. The first-order valence-electron chi connectivity index (χ1n) is 7.12. The molecule has 0 bridgehead atoms. The number of carbonyl (C=O) groups is 2. The van der Waals surface area contributed by atoms with E-state index in [0.29, 0.717) is 26.2 Å². The highest BCUT2D eigenvalue weighted by molar-refractivity contribution is 5.85. The van der Waals surface area contributed by atoms with Gasteiger partial charge >= 0.3 is 5.97 Å². The number of quaternary nitrogens is 1. The molecular formula is C15H20FN2O3+. The summed E-state index contributed by atoms with van der Waals surface area (Å²) >= 11 is 0. The van der Waals surface area contributed by atoms with Crippen molar-refractivity contribution >= 4 is 11.9 Å². The molecule has 0 aromatic heterocycles. The summed E-state index contributed by atoms with van der Waals surface area (Å²) in [5.74, 6) is -0.827. The average Bonchev–Trinajstić information content (AvgIpc) is 2.43. The second-order valence-electron chi connectivity index (χ2n) is 5.07. The van der Waals surface area contributed by atoms with E-state index in [0.717, 1.165) is 10.5 Å². The molecule has 2 rings (SSSR count). The minimum Gasteiger partial charge on any atom is -0.466 e. The molecule has 1 unspecified atom stereocenters. The van der Waals surface area contributed by atoms with Crippen LogP contribution in [0.4, 0.5) is 4.39 Å². The smallest absolute Gasteiger partial charge is 0.312 e. The first-order chi connectivity index (χ1) is 10.1. The van der Waals surface area contributed by atoms with Crippen LogP contribution in [0.3, 0.4) is 0 Å². The summed E-state index contributed by atoms with van der Waals surface area (Å²) < 4.78 is 18.2. The molecular weight excluding hydrogens is 275 g/mol. The van der Waals surface area contributed by atoms with Crippen molar-refractivity contribution in [1.82, 2.24) is 5.32 Å². The number of hydrogen-bond acceptors (Lipinski definition) is 3. The molecule has 1 amide bonds. The molecule has 2 atom stereocenters. The number of amides is 1. The molecule has 0 aliphatic carbocycles. The van der Waals surface area contributed by atoms with Crippen molar-refractivity contribution in [3.05, 3.63) is 35.6 Å². The molecule has 114 valence electrons. The first kappa shape index (κ1) is 15.4. The number of piperazine rings is 1. The minimum absolute atomic E-state index is 0.0460. The zero-order chi connectivity index (χ0) is 15.2. The van der Waals surface area contributed by atoms with Crippen LogP contribution in [0.2, 0.25) is 0 Å². The zero-order valence-electron chi connectivity index (χ0n) is 12.0. The Labute approximate surface area is 123 Å². The highest BCUT2D eigenvalue weighted by atomic mass is 19.1. The van der Waals surface area contributed by atoms with Gasteiger partial charge in [-0.2, -0.15) is 0 Å². The number of esters is 1. The third kappa shape index (κ3) is 4.26. The van der Waals surface area contributed by atoms with Crippen LogP contribution in [0.25, 0.3) is 0 Å². The fourth-order valence-corrected chi connectivity index (χ4v) is 2.57. The number of nitrogens with one attached hydrogen (secondary N) is 2. The number of rotatable bonds is 5. The van der Waals surface area contributed by atoms with Gasteiger partial charge in [-0.15, -0.1) is 0 Å². The molecule has 0 spiro atoms. The van der Waals surface area contributed by atoms with Gasteiger partial charge in [0.25, 0.3) is 5.91 Å². The zero-order valence-corrected chi connectivity index (χ0v) is 12.0. The van der Waals surface area contributed by atoms with Gasteiger partial charge in [0.15, 0.2) is 6.04 Å². The summed E-state index contributed by atoms with van der Waals surface area (Å²) in [6.45, 7) is 3.80. The second-order valence-corrected chi connectivity index (χ2v) is 5.07. The van der Waals surface area contributed by atoms with Crippen LogP contribution in [-0.2, 0) is 20.9 Å². The number of ether oxygens (including phenoxy) is 1. The summed E-state index contributed by atoms with van der Waals surface area (Å²) in [7, 11) is 0. The molecule has 6 heteroatoms. The van der Waals surface area contributed by atoms with E-state index in [-0.39, 0.29) is 24.1 Å². The van der Waals surface area contributed by atoms with Crippen molar-refractivity contribution < 1.29 is 23.6 Å². The molecule has 1 aromatic carbocycles. The van der Waals surface area contributed by atoms with Crippen molar-refractivity contribution in [2.75, 3.05) is 19.7 Å². The van der Waals surface area contributed by atoms with E-state index in [2.05, 4.69) is 5.32 Å². The number of benzene rings is 1. The monoisotopic (exact) mass is 295 g/mol. The third-order valence-electron chi connectivity index (χ3n) is 3.55. The van der Waals surface area contributed by atoms with E-state index in [4.69, 9.17) is 4.74 Å². The topological polar surface area (TPSA) is 59.8 Å². The van der Waals surface area contributed by atoms with Gasteiger partial charge in [-0.25, -0.2) is 4.39 Å². The van der Waals surface area contributed by atoms with Crippen molar-refractivity contribution in [1.29, 1.82) is 0 Å². The van der Waals surface area contributed by atoms with Crippen LogP contribution in [0.1, 0.15) is 18.9 Å². The van der Waals surface area contributed by atoms with Crippen LogP contribution in [0.5, 0.6) is 0 Å². The van der Waals surface area contributed by atoms with Crippen molar-refractivity contribution in [2.24, 2.45) is 0 Å². The van der Waals surface area contributed by atoms with Crippen molar-refractivity contribution in [2.45, 2.75) is 25.9 Å². The summed E-state index contributed by atoms with van der Waals surface area (Å²) in [5, 5.41) is 2.77. The molecule has 0 radical (unpaired) electrons. The van der Waals surface area contributed by atoms with E-state index in [9.17, 15) is 14.0 Å². The van der Waals surface area contributed by atoms with Crippen LogP contribution >= 0.6 is 0 Å². The number of halogens is 1. The van der Waals surface area contributed by atoms with Gasteiger partial charge in [0.05, 0.1) is 19.7 Å². The standard InChI is InChI=1S/C15H19FN2O3/c1-2-21-14(19)9-13-15(20)17-6-7-18(13)10-11-4-3-5-12(16)8-11/h3-5,8,13H,2,6-7,9-10H2,1H3,(H,17,20)/p+1/t13-/m1/s1. The highest BCUT2D eigenvalue weighted by Gasteiger charge is 2.35. The normalized spacial score (nSPS) is 21.7. The molecule has 1 aliphatic heterocycles. The Morgan fingerprint density at radius 2 is 2.33 bits per heavy atom. The predicted octanol–water partition coefficient (Wildman–Crippen LogP) is -0.338. The summed E-state index contributed by atoms with van der Waals surface area (Å²) in [4.78, 5) is 24.6. The lowest BCUT2D eigenvalue weighted by Crippen LogP contribution is -3.18. The molecule has 21 heavy (non-hydrogen) atoms. The lowest BCUT2D eigenvalue weighted by Gasteiger charge is -2.31. The molecule has 1 aromatic rings. The second kappa shape index (κ2) is 7.17. The van der Waals surface area contributed by atoms with Gasteiger partial charge in [0.2, 0.25) is 0 Å². The van der Waals surface area contributed by atoms with E-state index >= 15 is 0 Å². The van der Waals surface area contributed by atoms with Crippen LogP contribution in [0, 0.1) is 5.82 Å². The lowest BCUT2D eigenvalue weighted by molar-refractivity contribution is -0.930. The number of carbonyl (C=O) groups excluding carboxylic acids is 2. The Balaban J connectivity index is 2.07. The molecule has 1 fully saturated rings. The summed E-state index contributed by atoms with van der Waals surface area (Å²) in [6, 6.07) is 5.83. The van der Waals surface area contributed by atoms with Crippen LogP contribution in [-0.4, -0.2) is 37.6 Å². The summed E-state index contributed by atoms with van der Waals surface area (Å²) in [5.41, 5.74) is 0.813. The Morgan fingerprint density at radius 1 is 1.52 bits per heavy atom. The Kier molecular flexibility index (Phi) is 5.27. The Morgan fingerprint density at radius 3 is 3.05 bits per heavy atom. The Hall–Kier alpha value is -1.95. The van der Waals surface area contributed by atoms with E-state index in [1.807, 2.05) is 6.07 Å². The van der Waals surface area contributed by atoms with Gasteiger partial charge in [0.1, 0.15) is 18.8 Å². The average molecular weight is 295 g/mol. The minimum atomic E-state index is -0.485. The maximum Gasteiger partial charge on any atom is 0.312 e. The molecule has 1 saturated heterocycles. The van der Waals surface area contributed by atoms with Gasteiger partial charge in [-0.3, -0.25) is 9.59 Å². The third-order valence-corrected chi connectivity index (χ3v) is 3.55. The Bertz CT molecular complexity index is 521. The van der Waals surface area contributed by atoms with Gasteiger partial charge in [0, 0.05) is 5.56 Å². The summed E-state index contributed by atoms with van der Waals surface area (Å²) in [6.07, 6.45) is 0.0460. The maximum atomic E-state index is 13.2. The SMILES string of the molecule is CCOC(=O)C[C@@H]1C(=O)NCC[NH+]1Cc1cccc(F)c1. The van der Waals surface area contributed by atoms with Gasteiger partial charge in [-0.05, 0) is 19.1 Å². The van der Waals surface area contributed by atoms with E-state index < -0.39 is 6.04 Å². The van der Waals surface area contributed by atoms with Crippen LogP contribution < -0.4 is 10.2 Å². The molecule has 5 nitrogen and oxygen atoms in total. The predicted molar refractivity (Wildman–Crippen MR) is 74.0 cm³/mol. The number of hydrogen-bond donors (Lipinski definition) is 2. The molecule has 2 N–H and O–H groups in total. The van der Waals surface area contributed by atoms with Gasteiger partial charge in [-0.1, -0.05) is 12.1 Å². The highest BCUT2D eigenvalue weighted by Crippen LogP contribution is 2.03. The quantitative estimate of drug-likeness (QED) is 0.731. The van der Waals surface area contributed by atoms with Crippen molar-refractivity contribution in [3.8, 4) is 0 Å². The molecule has 1 aliphatic rings. The fraction of sp³-hybridized carbons (Fsp3) is 0.467. The fourth-order valence-electron chi connectivity index (χ4n) is 2.57. The van der Waals surface area contributed by atoms with E-state index in [1.165, 1.54) is 12.1 Å². The largest absolute Gasteiger partial charge is 0.466 e. The first-order valence-corrected chi connectivity index (χ1v) is 7.12. The van der Waals surface area contributed by atoms with E-state index in [1.54, 1.807) is 13.0 Å².